The van der Waals surface area contributed by atoms with Crippen LogP contribution in [-0.4, -0.2) is 17.5 Å². The predicted molar refractivity (Wildman–Crippen MR) is 109 cm³/mol. The van der Waals surface area contributed by atoms with Gasteiger partial charge in [0.1, 0.15) is 0 Å². The van der Waals surface area contributed by atoms with Crippen LogP contribution in [0.5, 0.6) is 0 Å². The van der Waals surface area contributed by atoms with Gasteiger partial charge < -0.3 is 5.32 Å². The molecule has 0 fully saturated rings. The highest BCUT2D eigenvalue weighted by Gasteiger charge is 2.14. The van der Waals surface area contributed by atoms with Gasteiger partial charge in [0, 0.05) is 11.3 Å². The first-order valence-corrected chi connectivity index (χ1v) is 8.66. The normalized spacial score (nSPS) is 11.3. The van der Waals surface area contributed by atoms with Gasteiger partial charge in [0.25, 0.3) is 0 Å². The van der Waals surface area contributed by atoms with Crippen molar-refractivity contribution >= 4 is 34.0 Å². The van der Waals surface area contributed by atoms with Crippen molar-refractivity contribution in [3.8, 4) is 0 Å². The number of nitrogens with one attached hydrogen (secondary N) is 2. The second-order valence-corrected chi connectivity index (χ2v) is 6.44. The zero-order chi connectivity index (χ0) is 19.4. The van der Waals surface area contributed by atoms with Gasteiger partial charge in [-0.25, -0.2) is 5.43 Å². The average molecular weight is 359 g/mol. The summed E-state index contributed by atoms with van der Waals surface area (Å²) in [5.41, 5.74) is 6.45. The Bertz CT molecular complexity index is 1050. The molecule has 0 heterocycles. The maximum absolute atomic E-state index is 12.1. The largest absolute Gasteiger partial charge is 0.329 e. The van der Waals surface area contributed by atoms with Gasteiger partial charge in [0.15, 0.2) is 0 Å². The topological polar surface area (TPSA) is 70.6 Å². The number of rotatable bonds is 3. The van der Waals surface area contributed by atoms with Gasteiger partial charge in [0.05, 0.1) is 5.71 Å². The number of nitrogens with zero attached hydrogens (tertiary/aromatic N) is 1. The van der Waals surface area contributed by atoms with Crippen molar-refractivity contribution in [3.05, 3.63) is 77.4 Å². The fourth-order valence-corrected chi connectivity index (χ4v) is 2.92. The minimum atomic E-state index is -0.811. The molecule has 0 atom stereocenters. The molecule has 2 N–H and O–H groups in total. The summed E-state index contributed by atoms with van der Waals surface area (Å²) >= 11 is 0. The number of hydrogen-bond donors (Lipinski definition) is 2. The van der Waals surface area contributed by atoms with E-state index in [0.29, 0.717) is 11.4 Å². The number of fused-ring (bicyclic) bond motifs is 1. The van der Waals surface area contributed by atoms with Crippen molar-refractivity contribution in [2.45, 2.75) is 20.8 Å². The summed E-state index contributed by atoms with van der Waals surface area (Å²) in [7, 11) is 0. The summed E-state index contributed by atoms with van der Waals surface area (Å²) in [6.45, 7) is 5.64. The molecule has 0 saturated heterocycles. The molecule has 3 aromatic rings. The standard InChI is InChI=1S/C22H21N3O2/c1-14-11-12-20(15(2)13-14)23-21(26)22(27)25-24-16(3)18-10-6-8-17-7-4-5-9-19(17)18/h4-13H,1-3H3,(H,23,26)(H,25,27)/b24-16+. The van der Waals surface area contributed by atoms with E-state index >= 15 is 0 Å². The van der Waals surface area contributed by atoms with Crippen LogP contribution in [0.1, 0.15) is 23.6 Å². The number of amides is 2. The Morgan fingerprint density at radius 2 is 1.63 bits per heavy atom. The SMILES string of the molecule is C/C(=N\NC(=O)C(=O)Nc1ccc(C)cc1C)c1cccc2ccccc12. The Morgan fingerprint density at radius 1 is 0.889 bits per heavy atom. The second kappa shape index (κ2) is 7.83. The third kappa shape index (κ3) is 4.20. The first-order valence-electron chi connectivity index (χ1n) is 8.66. The van der Waals surface area contributed by atoms with Crippen molar-refractivity contribution in [2.24, 2.45) is 5.10 Å². The van der Waals surface area contributed by atoms with Gasteiger partial charge in [-0.1, -0.05) is 60.2 Å². The van der Waals surface area contributed by atoms with E-state index in [0.717, 1.165) is 27.5 Å². The van der Waals surface area contributed by atoms with Crippen molar-refractivity contribution in [2.75, 3.05) is 5.32 Å². The maximum atomic E-state index is 12.1. The molecule has 5 nitrogen and oxygen atoms in total. The van der Waals surface area contributed by atoms with Crippen LogP contribution in [-0.2, 0) is 9.59 Å². The lowest BCUT2D eigenvalue weighted by molar-refractivity contribution is -0.136. The first kappa shape index (κ1) is 18.3. The summed E-state index contributed by atoms with van der Waals surface area (Å²) in [6.07, 6.45) is 0. The number of carbonyl (C=O) groups is 2. The van der Waals surface area contributed by atoms with E-state index < -0.39 is 11.8 Å². The molecular formula is C22H21N3O2. The molecule has 0 aliphatic heterocycles. The van der Waals surface area contributed by atoms with Crippen LogP contribution in [0, 0.1) is 13.8 Å². The molecule has 0 radical (unpaired) electrons. The fourth-order valence-electron chi connectivity index (χ4n) is 2.92. The van der Waals surface area contributed by atoms with E-state index in [1.54, 1.807) is 13.0 Å². The Hall–Kier alpha value is -3.47. The van der Waals surface area contributed by atoms with Gasteiger partial charge in [0.2, 0.25) is 0 Å². The monoisotopic (exact) mass is 359 g/mol. The third-order valence-corrected chi connectivity index (χ3v) is 4.34. The summed E-state index contributed by atoms with van der Waals surface area (Å²) in [5.74, 6) is -1.56. The van der Waals surface area contributed by atoms with E-state index in [2.05, 4.69) is 15.8 Å². The zero-order valence-electron chi connectivity index (χ0n) is 15.5. The fraction of sp³-hybridized carbons (Fsp3) is 0.136. The van der Waals surface area contributed by atoms with Gasteiger partial charge in [-0.2, -0.15) is 5.10 Å². The van der Waals surface area contributed by atoms with Crippen molar-refractivity contribution in [1.82, 2.24) is 5.43 Å². The highest BCUT2D eigenvalue weighted by atomic mass is 16.2. The minimum Gasteiger partial charge on any atom is -0.317 e. The predicted octanol–water partition coefficient (Wildman–Crippen LogP) is 3.94. The Balaban J connectivity index is 1.72. The smallest absolute Gasteiger partial charge is 0.317 e. The molecule has 3 rings (SSSR count). The number of carbonyl (C=O) groups excluding carboxylic acids is 2. The molecule has 2 amide bonds. The Kier molecular flexibility index (Phi) is 5.31. The minimum absolute atomic E-state index is 0.607. The van der Waals surface area contributed by atoms with Gasteiger partial charge >= 0.3 is 11.8 Å². The van der Waals surface area contributed by atoms with Crippen LogP contribution in [0.15, 0.2) is 65.8 Å². The van der Waals surface area contributed by atoms with E-state index in [-0.39, 0.29) is 0 Å². The van der Waals surface area contributed by atoms with Crippen LogP contribution >= 0.6 is 0 Å². The highest BCUT2D eigenvalue weighted by molar-refractivity contribution is 6.39. The number of benzene rings is 3. The molecule has 0 spiro atoms. The molecular weight excluding hydrogens is 338 g/mol. The van der Waals surface area contributed by atoms with Crippen LogP contribution in [0.3, 0.4) is 0 Å². The van der Waals surface area contributed by atoms with Crippen LogP contribution < -0.4 is 10.7 Å². The van der Waals surface area contributed by atoms with Crippen molar-refractivity contribution in [1.29, 1.82) is 0 Å². The van der Waals surface area contributed by atoms with Gasteiger partial charge in [-0.05, 0) is 43.2 Å². The van der Waals surface area contributed by atoms with Crippen LogP contribution in [0.25, 0.3) is 10.8 Å². The third-order valence-electron chi connectivity index (χ3n) is 4.34. The first-order chi connectivity index (χ1) is 13.0. The molecule has 0 aliphatic rings. The van der Waals surface area contributed by atoms with E-state index in [1.807, 2.05) is 68.4 Å². The molecule has 136 valence electrons. The lowest BCUT2D eigenvalue weighted by Crippen LogP contribution is -2.33. The molecule has 0 unspecified atom stereocenters. The van der Waals surface area contributed by atoms with E-state index in [4.69, 9.17) is 0 Å². The van der Waals surface area contributed by atoms with E-state index in [9.17, 15) is 9.59 Å². The zero-order valence-corrected chi connectivity index (χ0v) is 15.5. The summed E-state index contributed by atoms with van der Waals surface area (Å²) < 4.78 is 0. The number of hydrazone groups is 1. The summed E-state index contributed by atoms with van der Waals surface area (Å²) in [5, 5.41) is 8.83. The molecule has 0 bridgehead atoms. The number of aryl methyl sites for hydroxylation is 2. The van der Waals surface area contributed by atoms with Gasteiger partial charge in [-0.3, -0.25) is 9.59 Å². The molecule has 5 heteroatoms. The summed E-state index contributed by atoms with van der Waals surface area (Å²) in [4.78, 5) is 24.2. The lowest BCUT2D eigenvalue weighted by atomic mass is 10.0. The quantitative estimate of drug-likeness (QED) is 0.422. The summed E-state index contributed by atoms with van der Waals surface area (Å²) in [6, 6.07) is 19.4. The Morgan fingerprint density at radius 3 is 2.41 bits per heavy atom. The van der Waals surface area contributed by atoms with Crippen molar-refractivity contribution in [3.63, 3.8) is 0 Å². The van der Waals surface area contributed by atoms with Gasteiger partial charge in [-0.15, -0.1) is 0 Å². The van der Waals surface area contributed by atoms with Crippen molar-refractivity contribution < 1.29 is 9.59 Å². The number of anilines is 1. The average Bonchev–Trinajstić information content (AvgIpc) is 2.67. The molecule has 3 aromatic carbocycles. The van der Waals surface area contributed by atoms with E-state index in [1.165, 1.54) is 0 Å². The molecule has 0 saturated carbocycles. The molecule has 27 heavy (non-hydrogen) atoms. The molecule has 0 aliphatic carbocycles. The number of hydrogen-bond acceptors (Lipinski definition) is 3. The Labute approximate surface area is 158 Å². The highest BCUT2D eigenvalue weighted by Crippen LogP contribution is 2.19. The second-order valence-electron chi connectivity index (χ2n) is 6.44. The lowest BCUT2D eigenvalue weighted by Gasteiger charge is -2.09. The van der Waals surface area contributed by atoms with Crippen LogP contribution in [0.4, 0.5) is 5.69 Å². The molecule has 0 aromatic heterocycles. The maximum Gasteiger partial charge on any atom is 0.329 e. The van der Waals surface area contributed by atoms with Crippen LogP contribution in [0.2, 0.25) is 0 Å².